The van der Waals surface area contributed by atoms with Gasteiger partial charge in [-0.1, -0.05) is 0 Å². The van der Waals surface area contributed by atoms with Crippen molar-refractivity contribution in [3.63, 3.8) is 0 Å². The van der Waals surface area contributed by atoms with Crippen LogP contribution in [0.4, 0.5) is 11.6 Å². The minimum Gasteiger partial charge on any atom is -0.384 e. The number of anilines is 2. The summed E-state index contributed by atoms with van der Waals surface area (Å²) in [6.45, 7) is 0.549. The lowest BCUT2D eigenvalue weighted by Gasteiger charge is -2.04. The lowest BCUT2D eigenvalue weighted by atomic mass is 10.5. The highest BCUT2D eigenvalue weighted by molar-refractivity contribution is 5.43. The minimum absolute atomic E-state index is 0.436. The van der Waals surface area contributed by atoms with E-state index < -0.39 is 0 Å². The Bertz CT molecular complexity index is 450. The van der Waals surface area contributed by atoms with E-state index in [1.807, 2.05) is 11.6 Å². The van der Waals surface area contributed by atoms with Gasteiger partial charge >= 0.3 is 0 Å². The van der Waals surface area contributed by atoms with E-state index >= 15 is 0 Å². The van der Waals surface area contributed by atoms with Crippen LogP contribution in [0.25, 0.3) is 0 Å². The van der Waals surface area contributed by atoms with Crippen LogP contribution < -0.4 is 11.1 Å². The Balaban J connectivity index is 2.02. The molecule has 2 aromatic rings. The molecule has 0 atom stereocenters. The fraction of sp³-hybridized carbons (Fsp3) is 0.250. The highest BCUT2D eigenvalue weighted by atomic mass is 15.3. The van der Waals surface area contributed by atoms with Crippen molar-refractivity contribution in [1.29, 1.82) is 0 Å². The van der Waals surface area contributed by atoms with Crippen LogP contribution in [0.1, 0.15) is 5.82 Å². The van der Waals surface area contributed by atoms with Gasteiger partial charge in [-0.15, -0.1) is 10.2 Å². The molecule has 0 aliphatic heterocycles. The average Bonchev–Trinajstić information content (AvgIpc) is 2.61. The minimum atomic E-state index is 0.436. The molecule has 0 spiro atoms. The molecule has 0 unspecified atom stereocenters. The van der Waals surface area contributed by atoms with E-state index in [0.717, 1.165) is 5.82 Å². The zero-order valence-electron chi connectivity index (χ0n) is 8.25. The second-order valence-corrected chi connectivity index (χ2v) is 3.04. The summed E-state index contributed by atoms with van der Waals surface area (Å²) in [5.74, 6) is 1.93. The maximum Gasteiger partial charge on any atom is 0.151 e. The summed E-state index contributed by atoms with van der Waals surface area (Å²) in [6, 6.07) is 1.66. The first-order valence-electron chi connectivity index (χ1n) is 4.40. The topological polar surface area (TPSA) is 94.5 Å². The molecule has 0 saturated heterocycles. The van der Waals surface area contributed by atoms with Gasteiger partial charge in [-0.25, -0.2) is 9.97 Å². The van der Waals surface area contributed by atoms with Crippen LogP contribution in [0.15, 0.2) is 18.7 Å². The van der Waals surface area contributed by atoms with Gasteiger partial charge in [-0.3, -0.25) is 0 Å². The molecular formula is C8H11N7. The quantitative estimate of drug-likeness (QED) is 0.720. The van der Waals surface area contributed by atoms with Gasteiger partial charge in [0.15, 0.2) is 5.82 Å². The first-order chi connectivity index (χ1) is 7.25. The summed E-state index contributed by atoms with van der Waals surface area (Å²) in [5, 5.41) is 10.8. The van der Waals surface area contributed by atoms with E-state index in [-0.39, 0.29) is 0 Å². The van der Waals surface area contributed by atoms with E-state index in [4.69, 9.17) is 5.73 Å². The summed E-state index contributed by atoms with van der Waals surface area (Å²) >= 11 is 0. The highest BCUT2D eigenvalue weighted by Crippen LogP contribution is 2.05. The molecule has 2 aromatic heterocycles. The van der Waals surface area contributed by atoms with E-state index in [1.165, 1.54) is 6.33 Å². The molecule has 7 nitrogen and oxygen atoms in total. The van der Waals surface area contributed by atoms with Crippen molar-refractivity contribution in [1.82, 2.24) is 24.7 Å². The normalized spacial score (nSPS) is 10.2. The van der Waals surface area contributed by atoms with Gasteiger partial charge < -0.3 is 15.6 Å². The van der Waals surface area contributed by atoms with Crippen LogP contribution in [0.5, 0.6) is 0 Å². The van der Waals surface area contributed by atoms with Gasteiger partial charge in [0.1, 0.15) is 24.3 Å². The molecule has 0 bridgehead atoms. The summed E-state index contributed by atoms with van der Waals surface area (Å²) < 4.78 is 1.83. The number of nitrogens with two attached hydrogens (primary N) is 1. The molecule has 7 heteroatoms. The molecule has 78 valence electrons. The van der Waals surface area contributed by atoms with Gasteiger partial charge in [0, 0.05) is 13.1 Å². The predicted molar refractivity (Wildman–Crippen MR) is 54.8 cm³/mol. The molecule has 2 heterocycles. The van der Waals surface area contributed by atoms with E-state index in [1.54, 1.807) is 12.4 Å². The average molecular weight is 205 g/mol. The Morgan fingerprint density at radius 1 is 1.47 bits per heavy atom. The molecule has 0 radical (unpaired) electrons. The number of aromatic nitrogens is 5. The van der Waals surface area contributed by atoms with Crippen molar-refractivity contribution in [2.75, 3.05) is 11.1 Å². The van der Waals surface area contributed by atoms with Gasteiger partial charge in [-0.05, 0) is 0 Å². The molecule has 0 aliphatic carbocycles. The lowest BCUT2D eigenvalue weighted by molar-refractivity contribution is 0.810. The first-order valence-corrected chi connectivity index (χ1v) is 4.40. The molecule has 0 aliphatic rings. The van der Waals surface area contributed by atoms with E-state index in [2.05, 4.69) is 25.5 Å². The van der Waals surface area contributed by atoms with E-state index in [9.17, 15) is 0 Å². The van der Waals surface area contributed by atoms with Gasteiger partial charge in [-0.2, -0.15) is 0 Å². The van der Waals surface area contributed by atoms with Crippen molar-refractivity contribution in [3.05, 3.63) is 24.5 Å². The molecule has 0 fully saturated rings. The van der Waals surface area contributed by atoms with Crippen LogP contribution in [-0.4, -0.2) is 24.7 Å². The van der Waals surface area contributed by atoms with Crippen molar-refractivity contribution >= 4 is 11.6 Å². The number of nitrogens with zero attached hydrogens (tertiary/aromatic N) is 5. The molecular weight excluding hydrogens is 194 g/mol. The Morgan fingerprint density at radius 3 is 3.00 bits per heavy atom. The maximum absolute atomic E-state index is 5.51. The largest absolute Gasteiger partial charge is 0.384 e. The SMILES string of the molecule is Cn1cnnc1CNc1cc(N)ncn1. The second kappa shape index (κ2) is 3.91. The third-order valence-corrected chi connectivity index (χ3v) is 1.92. The number of hydrogen-bond acceptors (Lipinski definition) is 6. The second-order valence-electron chi connectivity index (χ2n) is 3.04. The zero-order valence-corrected chi connectivity index (χ0v) is 8.25. The Hall–Kier alpha value is -2.18. The summed E-state index contributed by atoms with van der Waals surface area (Å²) in [5.41, 5.74) is 5.51. The van der Waals surface area contributed by atoms with Gasteiger partial charge in [0.2, 0.25) is 0 Å². The molecule has 0 aromatic carbocycles. The van der Waals surface area contributed by atoms with Crippen molar-refractivity contribution < 1.29 is 0 Å². The number of nitrogens with one attached hydrogen (secondary N) is 1. The Kier molecular flexibility index (Phi) is 2.44. The van der Waals surface area contributed by atoms with Crippen LogP contribution >= 0.6 is 0 Å². The third kappa shape index (κ3) is 2.19. The Labute approximate surface area is 86.4 Å². The maximum atomic E-state index is 5.51. The van der Waals surface area contributed by atoms with Crippen molar-refractivity contribution in [2.45, 2.75) is 6.54 Å². The molecule has 3 N–H and O–H groups in total. The smallest absolute Gasteiger partial charge is 0.151 e. The Morgan fingerprint density at radius 2 is 2.33 bits per heavy atom. The molecule has 0 amide bonds. The van der Waals surface area contributed by atoms with E-state index in [0.29, 0.717) is 18.2 Å². The van der Waals surface area contributed by atoms with Crippen LogP contribution in [0.2, 0.25) is 0 Å². The number of rotatable bonds is 3. The summed E-state index contributed by atoms with van der Waals surface area (Å²) in [6.07, 6.45) is 3.06. The molecule has 15 heavy (non-hydrogen) atoms. The van der Waals surface area contributed by atoms with Crippen LogP contribution in [0, 0.1) is 0 Å². The van der Waals surface area contributed by atoms with Crippen molar-refractivity contribution in [2.24, 2.45) is 7.05 Å². The standard InChI is InChI=1S/C8H11N7/c1-15-5-13-14-8(15)3-10-7-2-6(9)11-4-12-7/h2,4-5H,3H2,1H3,(H3,9,10,11,12). The highest BCUT2D eigenvalue weighted by Gasteiger charge is 2.00. The van der Waals surface area contributed by atoms with Crippen LogP contribution in [0.3, 0.4) is 0 Å². The predicted octanol–water partition coefficient (Wildman–Crippen LogP) is -0.201. The number of hydrogen-bond donors (Lipinski definition) is 2. The number of aryl methyl sites for hydroxylation is 1. The summed E-state index contributed by atoms with van der Waals surface area (Å²) in [4.78, 5) is 7.80. The van der Waals surface area contributed by atoms with Crippen LogP contribution in [-0.2, 0) is 13.6 Å². The summed E-state index contributed by atoms with van der Waals surface area (Å²) in [7, 11) is 1.88. The third-order valence-electron chi connectivity index (χ3n) is 1.92. The zero-order chi connectivity index (χ0) is 10.7. The first kappa shape index (κ1) is 9.38. The molecule has 2 rings (SSSR count). The number of nitrogen functional groups attached to an aromatic ring is 1. The fourth-order valence-electron chi connectivity index (χ4n) is 1.11. The lowest BCUT2D eigenvalue weighted by Crippen LogP contribution is -2.07. The fourth-order valence-corrected chi connectivity index (χ4v) is 1.11. The van der Waals surface area contributed by atoms with Gasteiger partial charge in [0.25, 0.3) is 0 Å². The molecule has 0 saturated carbocycles. The van der Waals surface area contributed by atoms with Gasteiger partial charge in [0.05, 0.1) is 6.54 Å². The monoisotopic (exact) mass is 205 g/mol. The van der Waals surface area contributed by atoms with Crippen molar-refractivity contribution in [3.8, 4) is 0 Å².